The highest BCUT2D eigenvalue weighted by Crippen LogP contribution is 2.30. The van der Waals surface area contributed by atoms with Gasteiger partial charge in [-0.1, -0.05) is 18.7 Å². The predicted octanol–water partition coefficient (Wildman–Crippen LogP) is 2.15. The van der Waals surface area contributed by atoms with E-state index >= 15 is 0 Å². The van der Waals surface area contributed by atoms with Gasteiger partial charge in [-0.2, -0.15) is 10.5 Å². The molecule has 0 aliphatic heterocycles. The molecule has 1 fully saturated rings. The molecule has 1 aliphatic rings. The van der Waals surface area contributed by atoms with E-state index in [-0.39, 0.29) is 28.6 Å². The van der Waals surface area contributed by atoms with Gasteiger partial charge in [0.2, 0.25) is 5.91 Å². The first-order chi connectivity index (χ1) is 11.1. The van der Waals surface area contributed by atoms with Gasteiger partial charge in [0.05, 0.1) is 16.9 Å². The van der Waals surface area contributed by atoms with Crippen LogP contribution in [0.5, 0.6) is 0 Å². The Bertz CT molecular complexity index is 672. The van der Waals surface area contributed by atoms with Crippen molar-refractivity contribution in [2.75, 3.05) is 24.6 Å². The standard InChI is InChI=1S/C16H19N5OS/c1-2-5-21(9-11-3-4-11)14(22)10-23-16-13(8-18)6-12(7-17)15(19)20-16/h6,11H,2-5,9-10H2,1H3,(H2,19,20). The topological polar surface area (TPSA) is 107 Å². The first-order valence-corrected chi connectivity index (χ1v) is 8.58. The Labute approximate surface area is 140 Å². The van der Waals surface area contributed by atoms with Crippen molar-refractivity contribution in [1.29, 1.82) is 10.5 Å². The summed E-state index contributed by atoms with van der Waals surface area (Å²) < 4.78 is 0. The van der Waals surface area contributed by atoms with Crippen molar-refractivity contribution < 1.29 is 4.79 Å². The van der Waals surface area contributed by atoms with Crippen LogP contribution in [0.1, 0.15) is 37.3 Å². The van der Waals surface area contributed by atoms with Crippen LogP contribution in [0.15, 0.2) is 11.1 Å². The van der Waals surface area contributed by atoms with E-state index in [9.17, 15) is 4.79 Å². The molecule has 1 heterocycles. The SMILES string of the molecule is CCCN(CC1CC1)C(=O)CSc1nc(N)c(C#N)cc1C#N. The number of rotatable bonds is 7. The molecular formula is C16H19N5OS. The van der Waals surface area contributed by atoms with Gasteiger partial charge < -0.3 is 10.6 Å². The highest BCUT2D eigenvalue weighted by atomic mass is 32.2. The molecule has 1 aliphatic carbocycles. The van der Waals surface area contributed by atoms with E-state index in [1.54, 1.807) is 0 Å². The van der Waals surface area contributed by atoms with E-state index < -0.39 is 0 Å². The number of nitrogens with two attached hydrogens (primary N) is 1. The number of hydrogen-bond donors (Lipinski definition) is 1. The normalized spacial score (nSPS) is 13.2. The van der Waals surface area contributed by atoms with Gasteiger partial charge in [-0.15, -0.1) is 0 Å². The lowest BCUT2D eigenvalue weighted by molar-refractivity contribution is -0.128. The molecule has 120 valence electrons. The monoisotopic (exact) mass is 329 g/mol. The molecule has 2 rings (SSSR count). The van der Waals surface area contributed by atoms with Crippen LogP contribution in [0.4, 0.5) is 5.82 Å². The zero-order chi connectivity index (χ0) is 16.8. The summed E-state index contributed by atoms with van der Waals surface area (Å²) in [5, 5.41) is 18.5. The fraction of sp³-hybridized carbons (Fsp3) is 0.500. The lowest BCUT2D eigenvalue weighted by atomic mass is 10.2. The van der Waals surface area contributed by atoms with E-state index in [0.717, 1.165) is 19.5 Å². The summed E-state index contributed by atoms with van der Waals surface area (Å²) in [4.78, 5) is 18.4. The molecule has 0 radical (unpaired) electrons. The van der Waals surface area contributed by atoms with Crippen molar-refractivity contribution >= 4 is 23.5 Å². The number of thioether (sulfide) groups is 1. The zero-order valence-corrected chi connectivity index (χ0v) is 13.9. The molecule has 7 heteroatoms. The van der Waals surface area contributed by atoms with Crippen LogP contribution >= 0.6 is 11.8 Å². The second-order valence-electron chi connectivity index (χ2n) is 5.57. The van der Waals surface area contributed by atoms with Gasteiger partial charge in [-0.25, -0.2) is 4.98 Å². The molecule has 2 N–H and O–H groups in total. The van der Waals surface area contributed by atoms with Crippen LogP contribution < -0.4 is 5.73 Å². The smallest absolute Gasteiger partial charge is 0.232 e. The molecule has 0 aromatic carbocycles. The Morgan fingerprint density at radius 3 is 2.70 bits per heavy atom. The Balaban J connectivity index is 2.04. The summed E-state index contributed by atoms with van der Waals surface area (Å²) in [6, 6.07) is 5.33. The van der Waals surface area contributed by atoms with Crippen molar-refractivity contribution in [1.82, 2.24) is 9.88 Å². The van der Waals surface area contributed by atoms with Crippen molar-refractivity contribution in [3.8, 4) is 12.1 Å². The van der Waals surface area contributed by atoms with Crippen molar-refractivity contribution in [2.45, 2.75) is 31.2 Å². The number of nitrogen functional groups attached to an aromatic ring is 1. The van der Waals surface area contributed by atoms with Crippen molar-refractivity contribution in [3.05, 3.63) is 17.2 Å². The molecule has 1 aromatic rings. The van der Waals surface area contributed by atoms with E-state index in [1.807, 2.05) is 17.0 Å². The van der Waals surface area contributed by atoms with Crippen molar-refractivity contribution in [2.24, 2.45) is 5.92 Å². The summed E-state index contributed by atoms with van der Waals surface area (Å²) in [7, 11) is 0. The number of nitriles is 2. The fourth-order valence-corrected chi connectivity index (χ4v) is 3.08. The number of hydrogen-bond acceptors (Lipinski definition) is 6. The number of carbonyl (C=O) groups is 1. The first-order valence-electron chi connectivity index (χ1n) is 7.60. The lowest BCUT2D eigenvalue weighted by Crippen LogP contribution is -2.34. The van der Waals surface area contributed by atoms with Gasteiger partial charge in [0, 0.05) is 13.1 Å². The average Bonchev–Trinajstić information content (AvgIpc) is 3.36. The van der Waals surface area contributed by atoms with E-state index in [2.05, 4.69) is 11.9 Å². The first kappa shape index (κ1) is 17.1. The molecule has 1 amide bonds. The number of aromatic nitrogens is 1. The zero-order valence-electron chi connectivity index (χ0n) is 13.1. The van der Waals surface area contributed by atoms with Gasteiger partial charge in [-0.3, -0.25) is 4.79 Å². The maximum absolute atomic E-state index is 12.4. The largest absolute Gasteiger partial charge is 0.383 e. The average molecular weight is 329 g/mol. The number of carbonyl (C=O) groups excluding carboxylic acids is 1. The minimum Gasteiger partial charge on any atom is -0.383 e. The number of pyridine rings is 1. The minimum absolute atomic E-state index is 0.0531. The molecule has 0 atom stereocenters. The third-order valence-electron chi connectivity index (χ3n) is 3.61. The Morgan fingerprint density at radius 1 is 1.43 bits per heavy atom. The molecule has 6 nitrogen and oxygen atoms in total. The molecule has 0 bridgehead atoms. The molecule has 23 heavy (non-hydrogen) atoms. The summed E-state index contributed by atoms with van der Waals surface area (Å²) in [6.45, 7) is 3.63. The Hall–Kier alpha value is -2.25. The number of nitrogens with zero attached hydrogens (tertiary/aromatic N) is 4. The highest BCUT2D eigenvalue weighted by Gasteiger charge is 2.26. The lowest BCUT2D eigenvalue weighted by Gasteiger charge is -2.21. The predicted molar refractivity (Wildman–Crippen MR) is 88.4 cm³/mol. The van der Waals surface area contributed by atoms with Gasteiger partial charge in [-0.05, 0) is 31.2 Å². The Kier molecular flexibility index (Phi) is 5.84. The van der Waals surface area contributed by atoms with Crippen LogP contribution in [0, 0.1) is 28.6 Å². The Morgan fingerprint density at radius 2 is 2.13 bits per heavy atom. The van der Waals surface area contributed by atoms with Crippen LogP contribution in [-0.4, -0.2) is 34.6 Å². The number of amides is 1. The second-order valence-corrected chi connectivity index (χ2v) is 6.53. The van der Waals surface area contributed by atoms with E-state index in [1.165, 1.54) is 30.7 Å². The van der Waals surface area contributed by atoms with Gasteiger partial charge in [0.25, 0.3) is 0 Å². The third kappa shape index (κ3) is 4.61. The molecule has 0 saturated heterocycles. The number of anilines is 1. The quantitative estimate of drug-likeness (QED) is 0.768. The second kappa shape index (κ2) is 7.85. The summed E-state index contributed by atoms with van der Waals surface area (Å²) in [5.74, 6) is 1.01. The van der Waals surface area contributed by atoms with Gasteiger partial charge in [0.15, 0.2) is 0 Å². The molecule has 1 saturated carbocycles. The molecule has 0 spiro atoms. The van der Waals surface area contributed by atoms with E-state index in [0.29, 0.717) is 10.9 Å². The molecule has 1 aromatic heterocycles. The van der Waals surface area contributed by atoms with Crippen molar-refractivity contribution in [3.63, 3.8) is 0 Å². The fourth-order valence-electron chi connectivity index (χ4n) is 2.21. The maximum Gasteiger partial charge on any atom is 0.232 e. The highest BCUT2D eigenvalue weighted by molar-refractivity contribution is 8.00. The van der Waals surface area contributed by atoms with Crippen LogP contribution in [0.25, 0.3) is 0 Å². The summed E-state index contributed by atoms with van der Waals surface area (Å²) in [6.07, 6.45) is 3.33. The maximum atomic E-state index is 12.4. The van der Waals surface area contributed by atoms with Crippen LogP contribution in [0.3, 0.4) is 0 Å². The van der Waals surface area contributed by atoms with E-state index in [4.69, 9.17) is 16.3 Å². The third-order valence-corrected chi connectivity index (χ3v) is 4.59. The van der Waals surface area contributed by atoms with Gasteiger partial charge in [0.1, 0.15) is 23.0 Å². The minimum atomic E-state index is 0.0531. The molecular weight excluding hydrogens is 310 g/mol. The summed E-state index contributed by atoms with van der Waals surface area (Å²) >= 11 is 1.20. The molecule has 0 unspecified atom stereocenters. The van der Waals surface area contributed by atoms with Crippen LogP contribution in [-0.2, 0) is 4.79 Å². The summed E-state index contributed by atoms with van der Waals surface area (Å²) in [5.41, 5.74) is 6.15. The van der Waals surface area contributed by atoms with Gasteiger partial charge >= 0.3 is 0 Å². The van der Waals surface area contributed by atoms with Crippen LogP contribution in [0.2, 0.25) is 0 Å².